The van der Waals surface area contributed by atoms with Crippen LogP contribution < -0.4 is 10.1 Å². The molecule has 4 heteroatoms. The largest absolute Gasteiger partial charge is 0.495 e. The molecule has 3 nitrogen and oxygen atoms in total. The Morgan fingerprint density at radius 1 is 1.44 bits per heavy atom. The highest BCUT2D eigenvalue weighted by Crippen LogP contribution is 2.43. The molecular formula is C12H12N2OS. The van der Waals surface area contributed by atoms with E-state index in [-0.39, 0.29) is 0 Å². The minimum atomic E-state index is 0.785. The molecule has 0 atom stereocenters. The minimum Gasteiger partial charge on any atom is -0.495 e. The summed E-state index contributed by atoms with van der Waals surface area (Å²) in [5.41, 5.74) is 3.43. The van der Waals surface area contributed by atoms with Gasteiger partial charge in [0.25, 0.3) is 0 Å². The van der Waals surface area contributed by atoms with E-state index in [1.807, 2.05) is 19.1 Å². The maximum Gasteiger partial charge on any atom is 0.142 e. The van der Waals surface area contributed by atoms with Crippen molar-refractivity contribution in [3.05, 3.63) is 28.9 Å². The average molecular weight is 232 g/mol. The molecule has 16 heavy (non-hydrogen) atoms. The predicted octanol–water partition coefficient (Wildman–Crippen LogP) is 3.05. The number of hydrogen-bond acceptors (Lipinski definition) is 4. The van der Waals surface area contributed by atoms with Crippen molar-refractivity contribution in [1.29, 1.82) is 0 Å². The molecule has 0 amide bonds. The fraction of sp³-hybridized carbons (Fsp3) is 0.250. The number of hydrogen-bond donors (Lipinski definition) is 1. The van der Waals surface area contributed by atoms with Crippen molar-refractivity contribution in [2.45, 2.75) is 13.5 Å². The molecule has 2 heterocycles. The van der Waals surface area contributed by atoms with Crippen molar-refractivity contribution in [1.82, 2.24) is 4.98 Å². The van der Waals surface area contributed by atoms with E-state index in [4.69, 9.17) is 4.74 Å². The second kappa shape index (κ2) is 3.49. The Balaban J connectivity index is 2.24. The third-order valence-corrected chi connectivity index (χ3v) is 3.77. The van der Waals surface area contributed by atoms with Crippen LogP contribution in [-0.4, -0.2) is 12.1 Å². The fourth-order valence-electron chi connectivity index (χ4n) is 2.05. The lowest BCUT2D eigenvalue weighted by atomic mass is 10.1. The van der Waals surface area contributed by atoms with Crippen LogP contribution in [0.2, 0.25) is 0 Å². The van der Waals surface area contributed by atoms with Crippen molar-refractivity contribution in [2.75, 3.05) is 12.4 Å². The first-order valence-electron chi connectivity index (χ1n) is 5.17. The molecule has 3 rings (SSSR count). The smallest absolute Gasteiger partial charge is 0.142 e. The molecule has 0 radical (unpaired) electrons. The summed E-state index contributed by atoms with van der Waals surface area (Å²) in [5, 5.41) is 4.48. The molecule has 0 unspecified atom stereocenters. The van der Waals surface area contributed by atoms with E-state index >= 15 is 0 Å². The van der Waals surface area contributed by atoms with Crippen LogP contribution in [0.1, 0.15) is 10.7 Å². The average Bonchev–Trinajstić information content (AvgIpc) is 2.69. The summed E-state index contributed by atoms with van der Waals surface area (Å²) in [6.07, 6.45) is 0. The van der Waals surface area contributed by atoms with Crippen LogP contribution in [0.25, 0.3) is 10.4 Å². The number of anilines is 1. The molecule has 0 saturated carbocycles. The highest BCUT2D eigenvalue weighted by molar-refractivity contribution is 7.15. The van der Waals surface area contributed by atoms with Gasteiger partial charge in [0.05, 0.1) is 34.9 Å². The summed E-state index contributed by atoms with van der Waals surface area (Å²) in [6.45, 7) is 2.83. The molecule has 1 N–H and O–H groups in total. The number of aryl methyl sites for hydroxylation is 1. The van der Waals surface area contributed by atoms with Crippen LogP contribution in [0.4, 0.5) is 5.69 Å². The van der Waals surface area contributed by atoms with Gasteiger partial charge >= 0.3 is 0 Å². The molecule has 2 aromatic rings. The lowest BCUT2D eigenvalue weighted by Gasteiger charge is -2.19. The van der Waals surface area contributed by atoms with E-state index in [0.717, 1.165) is 28.7 Å². The van der Waals surface area contributed by atoms with Crippen molar-refractivity contribution >= 4 is 17.0 Å². The maximum absolute atomic E-state index is 5.36. The van der Waals surface area contributed by atoms with Gasteiger partial charge in [-0.1, -0.05) is 12.1 Å². The van der Waals surface area contributed by atoms with Crippen LogP contribution in [0.5, 0.6) is 5.75 Å². The van der Waals surface area contributed by atoms with Crippen LogP contribution in [-0.2, 0) is 6.54 Å². The summed E-state index contributed by atoms with van der Waals surface area (Å²) < 4.78 is 5.36. The van der Waals surface area contributed by atoms with Gasteiger partial charge in [0, 0.05) is 5.56 Å². The zero-order valence-corrected chi connectivity index (χ0v) is 10.0. The highest BCUT2D eigenvalue weighted by atomic mass is 32.1. The third kappa shape index (κ3) is 1.30. The molecule has 1 aliphatic rings. The van der Waals surface area contributed by atoms with Crippen molar-refractivity contribution < 1.29 is 4.74 Å². The first-order valence-corrected chi connectivity index (χ1v) is 5.99. The number of benzene rings is 1. The zero-order valence-electron chi connectivity index (χ0n) is 9.20. The van der Waals surface area contributed by atoms with Gasteiger partial charge < -0.3 is 10.1 Å². The molecule has 0 spiro atoms. The molecule has 1 aliphatic heterocycles. The van der Waals surface area contributed by atoms with Crippen LogP contribution in [0, 0.1) is 6.92 Å². The summed E-state index contributed by atoms with van der Waals surface area (Å²) in [4.78, 5) is 5.79. The van der Waals surface area contributed by atoms with E-state index in [1.165, 1.54) is 10.4 Å². The molecular weight excluding hydrogens is 220 g/mol. The number of ether oxygens (including phenoxy) is 1. The van der Waals surface area contributed by atoms with Gasteiger partial charge in [-0.05, 0) is 13.0 Å². The Morgan fingerprint density at radius 2 is 2.31 bits per heavy atom. The lowest BCUT2D eigenvalue weighted by Crippen LogP contribution is -2.08. The Labute approximate surface area is 98.1 Å². The van der Waals surface area contributed by atoms with E-state index in [1.54, 1.807) is 18.4 Å². The van der Waals surface area contributed by atoms with Crippen molar-refractivity contribution in [3.8, 4) is 16.2 Å². The van der Waals surface area contributed by atoms with Gasteiger partial charge in [0.1, 0.15) is 5.75 Å². The number of para-hydroxylation sites is 1. The molecule has 82 valence electrons. The Kier molecular flexibility index (Phi) is 2.11. The predicted molar refractivity (Wildman–Crippen MR) is 66.2 cm³/mol. The quantitative estimate of drug-likeness (QED) is 0.820. The van der Waals surface area contributed by atoms with E-state index in [0.29, 0.717) is 0 Å². The second-order valence-corrected chi connectivity index (χ2v) is 4.95. The first kappa shape index (κ1) is 9.66. The summed E-state index contributed by atoms with van der Waals surface area (Å²) in [7, 11) is 1.70. The number of methoxy groups -OCH3 is 1. The van der Waals surface area contributed by atoms with Gasteiger partial charge in [-0.15, -0.1) is 11.3 Å². The first-order chi connectivity index (χ1) is 7.79. The number of fused-ring (bicyclic) bond motifs is 3. The summed E-state index contributed by atoms with van der Waals surface area (Å²) >= 11 is 1.75. The normalized spacial score (nSPS) is 12.6. The second-order valence-electron chi connectivity index (χ2n) is 3.75. The fourth-order valence-corrected chi connectivity index (χ4v) is 3.01. The lowest BCUT2D eigenvalue weighted by molar-refractivity contribution is 0.416. The Hall–Kier alpha value is -1.55. The highest BCUT2D eigenvalue weighted by Gasteiger charge is 2.21. The molecule has 0 bridgehead atoms. The van der Waals surface area contributed by atoms with Crippen molar-refractivity contribution in [3.63, 3.8) is 0 Å². The van der Waals surface area contributed by atoms with E-state index in [9.17, 15) is 0 Å². The third-order valence-electron chi connectivity index (χ3n) is 2.73. The topological polar surface area (TPSA) is 34.1 Å². The van der Waals surface area contributed by atoms with Gasteiger partial charge in [0.15, 0.2) is 0 Å². The number of rotatable bonds is 1. The number of nitrogens with zero attached hydrogens (tertiary/aromatic N) is 1. The van der Waals surface area contributed by atoms with Crippen LogP contribution >= 0.6 is 11.3 Å². The molecule has 1 aromatic carbocycles. The minimum absolute atomic E-state index is 0.785. The zero-order chi connectivity index (χ0) is 11.1. The maximum atomic E-state index is 5.36. The Morgan fingerprint density at radius 3 is 3.12 bits per heavy atom. The van der Waals surface area contributed by atoms with Gasteiger partial charge in [-0.3, -0.25) is 0 Å². The van der Waals surface area contributed by atoms with Crippen molar-refractivity contribution in [2.24, 2.45) is 0 Å². The number of nitrogens with one attached hydrogen (secondary N) is 1. The number of thiazole rings is 1. The Bertz CT molecular complexity index is 548. The van der Waals surface area contributed by atoms with Gasteiger partial charge in [0.2, 0.25) is 0 Å². The van der Waals surface area contributed by atoms with Crippen LogP contribution in [0.15, 0.2) is 18.2 Å². The number of aromatic nitrogens is 1. The summed E-state index contributed by atoms with van der Waals surface area (Å²) in [6, 6.07) is 6.11. The molecule has 0 fully saturated rings. The van der Waals surface area contributed by atoms with E-state index in [2.05, 4.69) is 16.4 Å². The van der Waals surface area contributed by atoms with E-state index < -0.39 is 0 Å². The standard InChI is InChI=1S/C12H12N2OS/c1-7-14-9-6-13-11-8(12(9)16-7)4-3-5-10(11)15-2/h3-5,13H,6H2,1-2H3. The van der Waals surface area contributed by atoms with Gasteiger partial charge in [-0.2, -0.15) is 0 Å². The summed E-state index contributed by atoms with van der Waals surface area (Å²) in [5.74, 6) is 0.897. The van der Waals surface area contributed by atoms with Crippen LogP contribution in [0.3, 0.4) is 0 Å². The monoisotopic (exact) mass is 232 g/mol. The molecule has 1 aromatic heterocycles. The molecule has 0 saturated heterocycles. The SMILES string of the molecule is COc1cccc2c1NCc1nc(C)sc1-2. The van der Waals surface area contributed by atoms with Gasteiger partial charge in [-0.25, -0.2) is 4.98 Å². The molecule has 0 aliphatic carbocycles.